The molecule has 1 aliphatic rings. The smallest absolute Gasteiger partial charge is 0.242 e. The van der Waals surface area contributed by atoms with Gasteiger partial charge in [0.15, 0.2) is 0 Å². The number of carbonyl (C=O) groups is 2. The van der Waals surface area contributed by atoms with Crippen molar-refractivity contribution in [2.24, 2.45) is 0 Å². The molecule has 1 saturated heterocycles. The summed E-state index contributed by atoms with van der Waals surface area (Å²) < 4.78 is 0. The molecule has 0 unspecified atom stereocenters. The van der Waals surface area contributed by atoms with E-state index >= 15 is 0 Å². The predicted octanol–water partition coefficient (Wildman–Crippen LogP) is 0.409. The second-order valence-corrected chi connectivity index (χ2v) is 5.28. The van der Waals surface area contributed by atoms with Gasteiger partial charge in [-0.25, -0.2) is 0 Å². The minimum absolute atomic E-state index is 0.0110. The van der Waals surface area contributed by atoms with Crippen molar-refractivity contribution in [3.8, 4) is 0 Å². The molecule has 0 aromatic heterocycles. The molecular formula is C13H25N3O2. The van der Waals surface area contributed by atoms with Crippen LogP contribution in [0, 0.1) is 0 Å². The average molecular weight is 255 g/mol. The Hall–Kier alpha value is -1.10. The lowest BCUT2D eigenvalue weighted by molar-refractivity contribution is -0.139. The Morgan fingerprint density at radius 1 is 0.944 bits per heavy atom. The maximum atomic E-state index is 12.1. The van der Waals surface area contributed by atoms with Gasteiger partial charge in [-0.1, -0.05) is 12.8 Å². The molecule has 1 aliphatic heterocycles. The van der Waals surface area contributed by atoms with Crippen LogP contribution < -0.4 is 0 Å². The highest BCUT2D eigenvalue weighted by molar-refractivity contribution is 5.85. The van der Waals surface area contributed by atoms with Crippen molar-refractivity contribution < 1.29 is 9.59 Å². The highest BCUT2D eigenvalue weighted by Gasteiger charge is 2.19. The van der Waals surface area contributed by atoms with E-state index in [9.17, 15) is 9.59 Å². The predicted molar refractivity (Wildman–Crippen MR) is 71.2 cm³/mol. The van der Waals surface area contributed by atoms with Gasteiger partial charge in [-0.3, -0.25) is 9.59 Å². The zero-order valence-corrected chi connectivity index (χ0v) is 11.8. The van der Waals surface area contributed by atoms with Crippen LogP contribution in [0.15, 0.2) is 0 Å². The summed E-state index contributed by atoms with van der Waals surface area (Å²) in [6.07, 6.45) is 4.58. The molecular weight excluding hydrogens is 230 g/mol. The van der Waals surface area contributed by atoms with Gasteiger partial charge in [0.05, 0.1) is 13.1 Å². The van der Waals surface area contributed by atoms with Gasteiger partial charge < -0.3 is 14.7 Å². The van der Waals surface area contributed by atoms with Gasteiger partial charge in [0.25, 0.3) is 0 Å². The largest absolute Gasteiger partial charge is 0.341 e. The summed E-state index contributed by atoms with van der Waals surface area (Å²) in [7, 11) is 5.40. The van der Waals surface area contributed by atoms with Gasteiger partial charge in [0.1, 0.15) is 0 Å². The monoisotopic (exact) mass is 255 g/mol. The summed E-state index contributed by atoms with van der Waals surface area (Å²) >= 11 is 0. The molecule has 1 rings (SSSR count). The van der Waals surface area contributed by atoms with Gasteiger partial charge in [-0.2, -0.15) is 0 Å². The van der Waals surface area contributed by atoms with Crippen LogP contribution in [0.2, 0.25) is 0 Å². The summed E-state index contributed by atoms with van der Waals surface area (Å²) in [5.74, 6) is 0.0645. The van der Waals surface area contributed by atoms with E-state index in [0.29, 0.717) is 6.54 Å². The molecule has 1 heterocycles. The first-order chi connectivity index (χ1) is 8.50. The average Bonchev–Trinajstić information content (AvgIpc) is 2.56. The normalized spacial score (nSPS) is 16.6. The minimum atomic E-state index is -0.0110. The summed E-state index contributed by atoms with van der Waals surface area (Å²) in [4.78, 5) is 29.1. The topological polar surface area (TPSA) is 43.9 Å². The van der Waals surface area contributed by atoms with Gasteiger partial charge >= 0.3 is 0 Å². The lowest BCUT2D eigenvalue weighted by Gasteiger charge is -2.25. The van der Waals surface area contributed by atoms with E-state index in [-0.39, 0.29) is 18.4 Å². The Kier molecular flexibility index (Phi) is 6.12. The summed E-state index contributed by atoms with van der Waals surface area (Å²) in [6.45, 7) is 2.24. The second kappa shape index (κ2) is 7.36. The van der Waals surface area contributed by atoms with Crippen LogP contribution in [0.4, 0.5) is 0 Å². The quantitative estimate of drug-likeness (QED) is 0.731. The molecule has 5 heteroatoms. The van der Waals surface area contributed by atoms with Crippen molar-refractivity contribution in [2.45, 2.75) is 25.7 Å². The fourth-order valence-corrected chi connectivity index (χ4v) is 2.10. The fraction of sp³-hybridized carbons (Fsp3) is 0.846. The third-order valence-corrected chi connectivity index (χ3v) is 3.21. The molecule has 0 N–H and O–H groups in total. The third kappa shape index (κ3) is 5.04. The molecule has 0 aromatic carbocycles. The standard InChI is InChI=1S/C13H25N3O2/c1-14(2)10-12(17)15(3)11-13(18)16-8-6-4-5-7-9-16/h4-11H2,1-3H3. The van der Waals surface area contributed by atoms with Crippen LogP contribution in [0.1, 0.15) is 25.7 Å². The van der Waals surface area contributed by atoms with Crippen LogP contribution in [-0.4, -0.2) is 73.8 Å². The summed E-state index contributed by atoms with van der Waals surface area (Å²) in [5.41, 5.74) is 0. The van der Waals surface area contributed by atoms with Crippen molar-refractivity contribution >= 4 is 11.8 Å². The van der Waals surface area contributed by atoms with E-state index in [1.54, 1.807) is 7.05 Å². The van der Waals surface area contributed by atoms with Crippen LogP contribution in [0.3, 0.4) is 0 Å². The number of carbonyl (C=O) groups excluding carboxylic acids is 2. The zero-order chi connectivity index (χ0) is 13.5. The fourth-order valence-electron chi connectivity index (χ4n) is 2.10. The molecule has 5 nitrogen and oxygen atoms in total. The molecule has 0 aliphatic carbocycles. The van der Waals surface area contributed by atoms with E-state index in [1.165, 1.54) is 17.7 Å². The Labute approximate surface area is 110 Å². The number of hydrogen-bond acceptors (Lipinski definition) is 3. The highest BCUT2D eigenvalue weighted by atomic mass is 16.2. The van der Waals surface area contributed by atoms with E-state index < -0.39 is 0 Å². The number of hydrogen-bond donors (Lipinski definition) is 0. The minimum Gasteiger partial charge on any atom is -0.341 e. The molecule has 0 bridgehead atoms. The number of rotatable bonds is 4. The Bertz CT molecular complexity index is 284. The first-order valence-corrected chi connectivity index (χ1v) is 6.67. The van der Waals surface area contributed by atoms with Gasteiger partial charge in [-0.05, 0) is 26.9 Å². The molecule has 0 atom stereocenters. The van der Waals surface area contributed by atoms with Crippen LogP contribution >= 0.6 is 0 Å². The molecule has 1 fully saturated rings. The third-order valence-electron chi connectivity index (χ3n) is 3.21. The summed E-state index contributed by atoms with van der Waals surface area (Å²) in [6, 6.07) is 0. The molecule has 0 spiro atoms. The van der Waals surface area contributed by atoms with E-state index in [0.717, 1.165) is 25.9 Å². The van der Waals surface area contributed by atoms with Crippen molar-refractivity contribution in [3.05, 3.63) is 0 Å². The van der Waals surface area contributed by atoms with Crippen molar-refractivity contribution in [1.29, 1.82) is 0 Å². The van der Waals surface area contributed by atoms with Gasteiger partial charge in [0.2, 0.25) is 11.8 Å². The number of amides is 2. The molecule has 0 aromatic rings. The van der Waals surface area contributed by atoms with Gasteiger partial charge in [-0.15, -0.1) is 0 Å². The maximum Gasteiger partial charge on any atom is 0.242 e. The van der Waals surface area contributed by atoms with Gasteiger partial charge in [0, 0.05) is 20.1 Å². The molecule has 2 amide bonds. The lowest BCUT2D eigenvalue weighted by Crippen LogP contribution is -2.43. The number of likely N-dealkylation sites (N-methyl/N-ethyl adjacent to an activating group) is 2. The maximum absolute atomic E-state index is 12.1. The van der Waals surface area contributed by atoms with Crippen LogP contribution in [0.5, 0.6) is 0 Å². The van der Waals surface area contributed by atoms with E-state index in [1.807, 2.05) is 23.9 Å². The van der Waals surface area contributed by atoms with Crippen molar-refractivity contribution in [1.82, 2.24) is 14.7 Å². The van der Waals surface area contributed by atoms with Crippen LogP contribution in [-0.2, 0) is 9.59 Å². The summed E-state index contributed by atoms with van der Waals surface area (Å²) in [5, 5.41) is 0. The Morgan fingerprint density at radius 2 is 1.50 bits per heavy atom. The van der Waals surface area contributed by atoms with E-state index in [2.05, 4.69) is 0 Å². The van der Waals surface area contributed by atoms with E-state index in [4.69, 9.17) is 0 Å². The molecule has 0 saturated carbocycles. The van der Waals surface area contributed by atoms with Crippen LogP contribution in [0.25, 0.3) is 0 Å². The lowest BCUT2D eigenvalue weighted by atomic mass is 10.2. The van der Waals surface area contributed by atoms with Crippen molar-refractivity contribution in [2.75, 3.05) is 47.3 Å². The molecule has 18 heavy (non-hydrogen) atoms. The number of nitrogens with zero attached hydrogens (tertiary/aromatic N) is 3. The number of likely N-dealkylation sites (tertiary alicyclic amines) is 1. The Morgan fingerprint density at radius 3 is 2.00 bits per heavy atom. The highest BCUT2D eigenvalue weighted by Crippen LogP contribution is 2.09. The zero-order valence-electron chi connectivity index (χ0n) is 11.8. The molecule has 0 radical (unpaired) electrons. The SMILES string of the molecule is CN(C)CC(=O)N(C)CC(=O)N1CCCCCC1. The second-order valence-electron chi connectivity index (χ2n) is 5.28. The molecule has 104 valence electrons. The first kappa shape index (κ1) is 15.0. The first-order valence-electron chi connectivity index (χ1n) is 6.67. The van der Waals surface area contributed by atoms with Crippen molar-refractivity contribution in [3.63, 3.8) is 0 Å². The Balaban J connectivity index is 2.40.